The Bertz CT molecular complexity index is 1530. The van der Waals surface area contributed by atoms with Gasteiger partial charge in [0.15, 0.2) is 0 Å². The van der Waals surface area contributed by atoms with Crippen molar-refractivity contribution in [1.82, 2.24) is 14.9 Å². The summed E-state index contributed by atoms with van der Waals surface area (Å²) in [5, 5.41) is 33.3. The number of hydrogen-bond donors (Lipinski definition) is 5. The summed E-state index contributed by atoms with van der Waals surface area (Å²) in [4.78, 5) is 26.0. The number of aromatic amines is 1. The van der Waals surface area contributed by atoms with Crippen molar-refractivity contribution in [3.05, 3.63) is 88.8 Å². The summed E-state index contributed by atoms with van der Waals surface area (Å²) < 4.78 is 1.56. The molecule has 2 aromatic carbocycles. The van der Waals surface area contributed by atoms with E-state index in [0.717, 1.165) is 29.3 Å². The Morgan fingerprint density at radius 1 is 1.16 bits per heavy atom. The molecule has 0 saturated heterocycles. The predicted molar refractivity (Wildman–Crippen MR) is 145 cm³/mol. The maximum atomic E-state index is 12.7. The molecule has 196 valence electrons. The van der Waals surface area contributed by atoms with Crippen molar-refractivity contribution in [2.45, 2.75) is 37.3 Å². The first-order valence-corrected chi connectivity index (χ1v) is 12.5. The van der Waals surface area contributed by atoms with E-state index in [1.807, 2.05) is 12.1 Å². The molecule has 0 aliphatic heterocycles. The van der Waals surface area contributed by atoms with E-state index in [0.29, 0.717) is 29.3 Å². The molecule has 0 bridgehead atoms. The largest absolute Gasteiger partial charge is 0.508 e. The number of nitrogens with one attached hydrogen (secondary N) is 2. The van der Waals surface area contributed by atoms with Gasteiger partial charge < -0.3 is 30.2 Å². The lowest BCUT2D eigenvalue weighted by Gasteiger charge is -2.33. The number of carbonyl (C=O) groups excluding carboxylic acids is 1. The summed E-state index contributed by atoms with van der Waals surface area (Å²) in [6.07, 6.45) is 4.19. The molecule has 1 aliphatic carbocycles. The van der Waals surface area contributed by atoms with Crippen LogP contribution in [0.1, 0.15) is 52.2 Å². The van der Waals surface area contributed by atoms with Crippen LogP contribution in [0, 0.1) is 11.8 Å². The van der Waals surface area contributed by atoms with Crippen LogP contribution < -0.4 is 5.32 Å². The van der Waals surface area contributed by atoms with Gasteiger partial charge in [-0.3, -0.25) is 4.79 Å². The monoisotopic (exact) mass is 533 g/mol. The predicted octanol–water partition coefficient (Wildman–Crippen LogP) is 4.71. The number of fused-ring (bicyclic) bond motifs is 1. The normalized spacial score (nSPS) is 18.6. The van der Waals surface area contributed by atoms with Gasteiger partial charge in [-0.15, -0.1) is 0 Å². The van der Waals surface area contributed by atoms with Gasteiger partial charge in [0.2, 0.25) is 0 Å². The van der Waals surface area contributed by atoms with Crippen LogP contribution >= 0.6 is 11.6 Å². The number of H-pyrrole nitrogens is 1. The number of aryl methyl sites for hydroxylation is 1. The molecule has 0 radical (unpaired) electrons. The smallest absolute Gasteiger partial charge is 0.352 e. The molecular weight excluding hydrogens is 506 g/mol. The van der Waals surface area contributed by atoms with Crippen molar-refractivity contribution < 1.29 is 24.9 Å². The Morgan fingerprint density at radius 3 is 2.66 bits per heavy atom. The van der Waals surface area contributed by atoms with Crippen molar-refractivity contribution in [3.63, 3.8) is 0 Å². The molecule has 1 amide bonds. The van der Waals surface area contributed by atoms with Crippen LogP contribution in [0.3, 0.4) is 0 Å². The van der Waals surface area contributed by atoms with E-state index in [9.17, 15) is 19.8 Å². The Kier molecular flexibility index (Phi) is 8.10. The van der Waals surface area contributed by atoms with Crippen LogP contribution in [0.25, 0.3) is 10.9 Å². The first kappa shape index (κ1) is 26.9. The van der Waals surface area contributed by atoms with Crippen LogP contribution in [-0.2, 0) is 7.05 Å². The summed E-state index contributed by atoms with van der Waals surface area (Å²) >= 11 is 5.98. The Labute approximate surface area is 224 Å². The molecule has 8 nitrogen and oxygen atoms in total. The van der Waals surface area contributed by atoms with Gasteiger partial charge in [-0.2, -0.15) is 0 Å². The fourth-order valence-electron chi connectivity index (χ4n) is 4.43. The molecule has 4 aromatic rings. The van der Waals surface area contributed by atoms with Gasteiger partial charge in [0.25, 0.3) is 5.91 Å². The lowest BCUT2D eigenvalue weighted by atomic mass is 9.82. The average Bonchev–Trinajstić information content (AvgIpc) is 3.49. The Balaban J connectivity index is 0.000000317. The number of aliphatic hydroxyl groups is 1. The molecule has 0 spiro atoms. The summed E-state index contributed by atoms with van der Waals surface area (Å²) in [5.41, 5.74) is 1.11. The second kappa shape index (κ2) is 11.5. The lowest BCUT2D eigenvalue weighted by molar-refractivity contribution is 0.0451. The summed E-state index contributed by atoms with van der Waals surface area (Å²) in [6.45, 7) is 0. The maximum absolute atomic E-state index is 12.7. The summed E-state index contributed by atoms with van der Waals surface area (Å²) in [5.74, 6) is 5.00. The second-order valence-corrected chi connectivity index (χ2v) is 9.76. The van der Waals surface area contributed by atoms with Gasteiger partial charge >= 0.3 is 5.97 Å². The van der Waals surface area contributed by atoms with E-state index < -0.39 is 11.6 Å². The number of nitrogens with zero attached hydrogens (tertiary/aromatic N) is 1. The minimum absolute atomic E-state index is 0.152. The average molecular weight is 534 g/mol. The molecular formula is C29H28ClN3O5. The van der Waals surface area contributed by atoms with Gasteiger partial charge in [0, 0.05) is 47.2 Å². The van der Waals surface area contributed by atoms with Crippen LogP contribution in [-0.4, -0.2) is 48.4 Å². The number of rotatable bonds is 3. The molecule has 0 unspecified atom stereocenters. The number of phenolic OH excluding ortho intramolecular Hbond substituents is 1. The number of hydrogen-bond acceptors (Lipinski definition) is 4. The fraction of sp³-hybridized carbons (Fsp3) is 0.241. The Hall–Kier alpha value is -4.19. The van der Waals surface area contributed by atoms with Crippen molar-refractivity contribution >= 4 is 34.4 Å². The van der Waals surface area contributed by atoms with Crippen molar-refractivity contribution in [1.29, 1.82) is 0 Å². The third kappa shape index (κ3) is 6.76. The highest BCUT2D eigenvalue weighted by Gasteiger charge is 2.33. The number of halogens is 1. The highest BCUT2D eigenvalue weighted by Crippen LogP contribution is 2.29. The molecule has 1 saturated carbocycles. The first-order valence-electron chi connectivity index (χ1n) is 12.1. The van der Waals surface area contributed by atoms with Gasteiger partial charge in [-0.1, -0.05) is 29.5 Å². The number of amides is 1. The molecule has 5 N–H and O–H groups in total. The number of aromatic nitrogens is 2. The standard InChI is InChI=1S/C23H21ClN2O3.C6H7NO2/c24-17-4-1-3-15(11-17)8-10-23(29)9-2-5-18(14-23)25-22(28)21-13-16-12-19(27)6-7-20(16)26-21;1-7-4-2-3-5(7)6(8)9/h1,3-4,6-7,11-13,18,26-27,29H,2,5,9,14H2,(H,25,28);2-4H,1H3,(H,8,9)/t18-,23+;/m0./s1. The molecule has 1 fully saturated rings. The van der Waals surface area contributed by atoms with E-state index in [1.165, 1.54) is 0 Å². The van der Waals surface area contributed by atoms with E-state index in [4.69, 9.17) is 16.7 Å². The zero-order valence-corrected chi connectivity index (χ0v) is 21.5. The van der Waals surface area contributed by atoms with Crippen LogP contribution in [0.5, 0.6) is 5.75 Å². The minimum atomic E-state index is -1.15. The lowest BCUT2D eigenvalue weighted by Crippen LogP contribution is -2.45. The molecule has 2 heterocycles. The highest BCUT2D eigenvalue weighted by molar-refractivity contribution is 6.30. The molecule has 38 heavy (non-hydrogen) atoms. The fourth-order valence-corrected chi connectivity index (χ4v) is 4.62. The number of carboxylic acid groups (broad SMARTS) is 1. The SMILES string of the molecule is Cn1cccc1C(=O)O.O=C(N[C@H]1CCC[C@@](O)(C#Cc2cccc(Cl)c2)C1)c1cc2cc(O)ccc2[nH]1. The maximum Gasteiger partial charge on any atom is 0.352 e. The zero-order chi connectivity index (χ0) is 27.3. The molecule has 2 atom stereocenters. The number of aromatic hydroxyl groups is 1. The number of benzene rings is 2. The number of aromatic carboxylic acids is 1. The topological polar surface area (TPSA) is 128 Å². The number of carbonyl (C=O) groups is 2. The zero-order valence-electron chi connectivity index (χ0n) is 20.7. The van der Waals surface area contributed by atoms with Gasteiger partial charge in [-0.25, -0.2) is 4.79 Å². The third-order valence-electron chi connectivity index (χ3n) is 6.34. The van der Waals surface area contributed by atoms with E-state index in [-0.39, 0.29) is 17.7 Å². The molecule has 5 rings (SSSR count). The van der Waals surface area contributed by atoms with E-state index in [1.54, 1.807) is 66.3 Å². The van der Waals surface area contributed by atoms with Gasteiger partial charge in [0.1, 0.15) is 22.7 Å². The van der Waals surface area contributed by atoms with E-state index >= 15 is 0 Å². The molecule has 1 aliphatic rings. The van der Waals surface area contributed by atoms with Crippen LogP contribution in [0.4, 0.5) is 0 Å². The minimum Gasteiger partial charge on any atom is -0.508 e. The summed E-state index contributed by atoms with van der Waals surface area (Å²) in [6, 6.07) is 16.9. The number of phenols is 1. The quantitative estimate of drug-likeness (QED) is 0.244. The first-order chi connectivity index (χ1) is 18.1. The van der Waals surface area contributed by atoms with Crippen LogP contribution in [0.15, 0.2) is 66.9 Å². The highest BCUT2D eigenvalue weighted by atomic mass is 35.5. The summed E-state index contributed by atoms with van der Waals surface area (Å²) in [7, 11) is 1.70. The van der Waals surface area contributed by atoms with Gasteiger partial charge in [-0.05, 0) is 73.9 Å². The van der Waals surface area contributed by atoms with Crippen molar-refractivity contribution in [2.24, 2.45) is 7.05 Å². The van der Waals surface area contributed by atoms with Gasteiger partial charge in [0.05, 0.1) is 0 Å². The van der Waals surface area contributed by atoms with Crippen molar-refractivity contribution in [2.75, 3.05) is 0 Å². The molecule has 2 aromatic heterocycles. The molecule has 9 heteroatoms. The van der Waals surface area contributed by atoms with E-state index in [2.05, 4.69) is 22.1 Å². The van der Waals surface area contributed by atoms with Crippen molar-refractivity contribution in [3.8, 4) is 17.6 Å². The second-order valence-electron chi connectivity index (χ2n) is 9.32. The Morgan fingerprint density at radius 2 is 1.97 bits per heavy atom. The van der Waals surface area contributed by atoms with Crippen LogP contribution in [0.2, 0.25) is 5.02 Å². The third-order valence-corrected chi connectivity index (χ3v) is 6.57. The number of carboxylic acids is 1.